The zero-order valence-corrected chi connectivity index (χ0v) is 6.15. The maximum atomic E-state index is 10.3. The Morgan fingerprint density at radius 3 is 3.09 bits per heavy atom. The number of hydrogen-bond acceptors (Lipinski definition) is 3. The molecule has 0 unspecified atom stereocenters. The maximum absolute atomic E-state index is 10.3. The average Bonchev–Trinajstić information content (AvgIpc) is 2.13. The first-order chi connectivity index (χ1) is 5.22. The van der Waals surface area contributed by atoms with Gasteiger partial charge in [0.2, 0.25) is 0 Å². The highest BCUT2D eigenvalue weighted by atomic mass is 16.6. The van der Waals surface area contributed by atoms with Gasteiger partial charge in [0.05, 0.1) is 11.5 Å². The highest BCUT2D eigenvalue weighted by molar-refractivity contribution is 5.96. The third-order valence-corrected chi connectivity index (χ3v) is 1.39. The van der Waals surface area contributed by atoms with E-state index >= 15 is 0 Å². The fourth-order valence-corrected chi connectivity index (χ4v) is 0.804. The molecule has 0 aromatic carbocycles. The molecule has 1 aliphatic heterocycles. The molecule has 4 heteroatoms. The van der Waals surface area contributed by atoms with Crippen molar-refractivity contribution in [2.75, 3.05) is 6.54 Å². The van der Waals surface area contributed by atoms with Crippen molar-refractivity contribution < 1.29 is 4.92 Å². The smallest absolute Gasteiger partial charge is 0.279 e. The molecule has 0 N–H and O–H groups in total. The van der Waals surface area contributed by atoms with Crippen molar-refractivity contribution in [2.24, 2.45) is 4.99 Å². The molecule has 0 aliphatic carbocycles. The molecule has 1 rings (SSSR count). The van der Waals surface area contributed by atoms with Crippen LogP contribution in [0, 0.1) is 10.1 Å². The van der Waals surface area contributed by atoms with E-state index in [0.717, 1.165) is 0 Å². The van der Waals surface area contributed by atoms with Crippen LogP contribution >= 0.6 is 0 Å². The molecular weight excluding hydrogens is 144 g/mol. The van der Waals surface area contributed by atoms with Gasteiger partial charge >= 0.3 is 0 Å². The van der Waals surface area contributed by atoms with E-state index in [0.29, 0.717) is 12.3 Å². The Labute approximate surface area is 64.1 Å². The lowest BCUT2D eigenvalue weighted by Crippen LogP contribution is -2.07. The van der Waals surface area contributed by atoms with Gasteiger partial charge in [-0.1, -0.05) is 12.2 Å². The molecular formula is C7H8N2O2. The SMILES string of the molecule is CC1=NCC=CC=C1[N+](=O)[O-]. The van der Waals surface area contributed by atoms with E-state index in [1.54, 1.807) is 19.1 Å². The summed E-state index contributed by atoms with van der Waals surface area (Å²) in [7, 11) is 0. The van der Waals surface area contributed by atoms with Gasteiger partial charge in [-0.3, -0.25) is 15.1 Å². The Morgan fingerprint density at radius 1 is 1.73 bits per heavy atom. The van der Waals surface area contributed by atoms with E-state index in [1.807, 2.05) is 0 Å². The predicted octanol–water partition coefficient (Wildman–Crippen LogP) is 1.18. The zero-order valence-electron chi connectivity index (χ0n) is 6.15. The number of aliphatic imine (C=N–C) groups is 1. The van der Waals surface area contributed by atoms with Crippen molar-refractivity contribution in [3.63, 3.8) is 0 Å². The van der Waals surface area contributed by atoms with Crippen LogP contribution in [0.4, 0.5) is 0 Å². The third kappa shape index (κ3) is 1.73. The average molecular weight is 152 g/mol. The van der Waals surface area contributed by atoms with Crippen LogP contribution in [0.3, 0.4) is 0 Å². The van der Waals surface area contributed by atoms with Crippen LogP contribution in [-0.2, 0) is 0 Å². The monoisotopic (exact) mass is 152 g/mol. The summed E-state index contributed by atoms with van der Waals surface area (Å²) in [6.07, 6.45) is 4.89. The number of rotatable bonds is 1. The standard InChI is InChI=1S/C7H8N2O2/c1-6-7(9(10)11)4-2-3-5-8-6/h2-4H,5H2,1H3. The second-order valence-electron chi connectivity index (χ2n) is 2.16. The molecule has 0 fully saturated rings. The normalized spacial score (nSPS) is 16.8. The second kappa shape index (κ2) is 3.09. The van der Waals surface area contributed by atoms with E-state index in [2.05, 4.69) is 4.99 Å². The lowest BCUT2D eigenvalue weighted by Gasteiger charge is -1.93. The number of nitrogens with zero attached hydrogens (tertiary/aromatic N) is 2. The molecule has 0 saturated carbocycles. The summed E-state index contributed by atoms with van der Waals surface area (Å²) in [6.45, 7) is 2.17. The van der Waals surface area contributed by atoms with Crippen molar-refractivity contribution in [1.82, 2.24) is 0 Å². The Hall–Kier alpha value is -1.45. The highest BCUT2D eigenvalue weighted by Gasteiger charge is 2.13. The predicted molar refractivity (Wildman–Crippen MR) is 42.2 cm³/mol. The minimum atomic E-state index is -0.422. The van der Waals surface area contributed by atoms with Gasteiger partial charge in [0.15, 0.2) is 0 Å². The molecule has 0 saturated heterocycles. The Bertz CT molecular complexity index is 264. The van der Waals surface area contributed by atoms with Crippen molar-refractivity contribution >= 4 is 5.71 Å². The lowest BCUT2D eigenvalue weighted by atomic mass is 10.3. The van der Waals surface area contributed by atoms with Crippen LogP contribution in [0.1, 0.15) is 6.92 Å². The first-order valence-corrected chi connectivity index (χ1v) is 3.24. The van der Waals surface area contributed by atoms with Crippen LogP contribution in [-0.4, -0.2) is 17.2 Å². The second-order valence-corrected chi connectivity index (χ2v) is 2.16. The third-order valence-electron chi connectivity index (χ3n) is 1.39. The Morgan fingerprint density at radius 2 is 2.45 bits per heavy atom. The first-order valence-electron chi connectivity index (χ1n) is 3.24. The summed E-state index contributed by atoms with van der Waals surface area (Å²) in [5.41, 5.74) is 0.568. The highest BCUT2D eigenvalue weighted by Crippen LogP contribution is 2.03. The number of nitro groups is 1. The Balaban J connectivity index is 2.98. The fraction of sp³-hybridized carbons (Fsp3) is 0.286. The van der Waals surface area contributed by atoms with E-state index < -0.39 is 4.92 Å². The topological polar surface area (TPSA) is 55.5 Å². The van der Waals surface area contributed by atoms with Crippen molar-refractivity contribution in [3.8, 4) is 0 Å². The molecule has 0 atom stereocenters. The van der Waals surface area contributed by atoms with Crippen molar-refractivity contribution in [3.05, 3.63) is 34.0 Å². The van der Waals surface area contributed by atoms with Gasteiger partial charge in [-0.2, -0.15) is 0 Å². The van der Waals surface area contributed by atoms with Crippen LogP contribution < -0.4 is 0 Å². The van der Waals surface area contributed by atoms with Crippen LogP contribution in [0.5, 0.6) is 0 Å². The van der Waals surface area contributed by atoms with Crippen molar-refractivity contribution in [2.45, 2.75) is 6.92 Å². The van der Waals surface area contributed by atoms with E-state index in [-0.39, 0.29) is 5.70 Å². The molecule has 0 spiro atoms. The number of hydrogen-bond donors (Lipinski definition) is 0. The molecule has 58 valence electrons. The molecule has 0 bridgehead atoms. The molecule has 4 nitrogen and oxygen atoms in total. The zero-order chi connectivity index (χ0) is 8.27. The quantitative estimate of drug-likeness (QED) is 0.418. The van der Waals surface area contributed by atoms with Crippen LogP contribution in [0.25, 0.3) is 0 Å². The lowest BCUT2D eigenvalue weighted by molar-refractivity contribution is -0.415. The van der Waals surface area contributed by atoms with Crippen LogP contribution in [0.15, 0.2) is 28.9 Å². The van der Waals surface area contributed by atoms with E-state index in [4.69, 9.17) is 0 Å². The molecule has 0 aromatic heterocycles. The molecule has 0 amide bonds. The van der Waals surface area contributed by atoms with E-state index in [1.165, 1.54) is 6.08 Å². The van der Waals surface area contributed by atoms with Crippen LogP contribution in [0.2, 0.25) is 0 Å². The fourth-order valence-electron chi connectivity index (χ4n) is 0.804. The summed E-state index contributed by atoms with van der Waals surface area (Å²) in [4.78, 5) is 13.9. The Kier molecular flexibility index (Phi) is 2.15. The first kappa shape index (κ1) is 7.65. The maximum Gasteiger partial charge on any atom is 0.289 e. The molecule has 1 heterocycles. The summed E-state index contributed by atoms with van der Waals surface area (Å²) in [5, 5.41) is 10.3. The molecule has 0 radical (unpaired) electrons. The van der Waals surface area contributed by atoms with Gasteiger partial charge in [-0.25, -0.2) is 0 Å². The molecule has 1 aliphatic rings. The van der Waals surface area contributed by atoms with Gasteiger partial charge in [0.25, 0.3) is 5.70 Å². The van der Waals surface area contributed by atoms with Gasteiger partial charge in [0.1, 0.15) is 5.71 Å². The summed E-state index contributed by atoms with van der Waals surface area (Å²) in [6, 6.07) is 0. The van der Waals surface area contributed by atoms with Gasteiger partial charge in [-0.15, -0.1) is 0 Å². The number of allylic oxidation sites excluding steroid dienone is 3. The van der Waals surface area contributed by atoms with Gasteiger partial charge in [-0.05, 0) is 6.92 Å². The minimum absolute atomic E-state index is 0.0822. The van der Waals surface area contributed by atoms with Gasteiger partial charge < -0.3 is 0 Å². The summed E-state index contributed by atoms with van der Waals surface area (Å²) < 4.78 is 0. The largest absolute Gasteiger partial charge is 0.289 e. The minimum Gasteiger partial charge on any atom is -0.279 e. The summed E-state index contributed by atoms with van der Waals surface area (Å²) in [5.74, 6) is 0. The van der Waals surface area contributed by atoms with Crippen molar-refractivity contribution in [1.29, 1.82) is 0 Å². The summed E-state index contributed by atoms with van der Waals surface area (Å²) >= 11 is 0. The molecule has 11 heavy (non-hydrogen) atoms. The van der Waals surface area contributed by atoms with Gasteiger partial charge in [0, 0.05) is 6.08 Å². The van der Waals surface area contributed by atoms with E-state index in [9.17, 15) is 10.1 Å². The molecule has 0 aromatic rings.